The third-order valence-electron chi connectivity index (χ3n) is 5.60. The van der Waals surface area contributed by atoms with E-state index in [-0.39, 0.29) is 5.78 Å². The van der Waals surface area contributed by atoms with Crippen LogP contribution in [0.2, 0.25) is 5.02 Å². The van der Waals surface area contributed by atoms with Crippen molar-refractivity contribution in [3.63, 3.8) is 0 Å². The van der Waals surface area contributed by atoms with Crippen molar-refractivity contribution in [2.24, 2.45) is 0 Å². The van der Waals surface area contributed by atoms with E-state index >= 15 is 0 Å². The lowest BCUT2D eigenvalue weighted by atomic mass is 10.0. The highest BCUT2D eigenvalue weighted by atomic mass is 35.5. The molecule has 6 aromatic rings. The summed E-state index contributed by atoms with van der Waals surface area (Å²) >= 11 is 6.18. The van der Waals surface area contributed by atoms with E-state index in [2.05, 4.69) is 4.40 Å². The number of aromatic nitrogens is 3. The molecule has 0 saturated heterocycles. The zero-order chi connectivity index (χ0) is 20.9. The van der Waals surface area contributed by atoms with E-state index < -0.39 is 0 Å². The fraction of sp³-hybridized carbons (Fsp3) is 0. The van der Waals surface area contributed by atoms with E-state index in [9.17, 15) is 4.79 Å². The predicted octanol–water partition coefficient (Wildman–Crippen LogP) is 6.29. The molecule has 5 heteroatoms. The molecule has 6 rings (SSSR count). The molecule has 0 bridgehead atoms. The smallest absolute Gasteiger partial charge is 0.211 e. The van der Waals surface area contributed by atoms with E-state index in [1.807, 2.05) is 102 Å². The average Bonchev–Trinajstić information content (AvgIpc) is 3.44. The molecule has 0 atom stereocenters. The number of benzene rings is 3. The molecule has 3 aromatic carbocycles. The fourth-order valence-corrected chi connectivity index (χ4v) is 4.35. The van der Waals surface area contributed by atoms with Crippen molar-refractivity contribution in [1.82, 2.24) is 13.8 Å². The molecular weight excluding hydrogens is 406 g/mol. The fourth-order valence-electron chi connectivity index (χ4n) is 4.22. The van der Waals surface area contributed by atoms with E-state index in [0.29, 0.717) is 16.3 Å². The van der Waals surface area contributed by atoms with Crippen molar-refractivity contribution < 1.29 is 4.79 Å². The summed E-state index contributed by atoms with van der Waals surface area (Å²) in [6.07, 6.45) is 1.92. The quantitative estimate of drug-likeness (QED) is 0.315. The Balaban J connectivity index is 1.84. The highest BCUT2D eigenvalue weighted by Crippen LogP contribution is 2.33. The van der Waals surface area contributed by atoms with E-state index in [4.69, 9.17) is 16.6 Å². The molecule has 0 saturated carbocycles. The molecule has 0 N–H and O–H groups in total. The van der Waals surface area contributed by atoms with Gasteiger partial charge in [-0.05, 0) is 36.4 Å². The molecule has 4 nitrogen and oxygen atoms in total. The molecule has 3 heterocycles. The zero-order valence-electron chi connectivity index (χ0n) is 16.4. The van der Waals surface area contributed by atoms with Gasteiger partial charge in [0, 0.05) is 22.3 Å². The summed E-state index contributed by atoms with van der Waals surface area (Å²) < 4.78 is 4.03. The second-order valence-corrected chi connectivity index (χ2v) is 7.86. The third kappa shape index (κ3) is 2.69. The number of nitrogens with zero attached hydrogens (tertiary/aromatic N) is 3. The lowest BCUT2D eigenvalue weighted by molar-refractivity contribution is 0.103. The summed E-state index contributed by atoms with van der Waals surface area (Å²) in [5, 5.41) is 0.647. The summed E-state index contributed by atoms with van der Waals surface area (Å²) in [5.74, 6) is -0.0496. The number of carbonyl (C=O) groups excluding carboxylic acids is 1. The SMILES string of the molecule is O=C(c1ccccc1)c1c(-c2ccc(Cl)cc2)n2c3ccccc3nc2c2cccn12. The lowest BCUT2D eigenvalue weighted by Gasteiger charge is -2.16. The van der Waals surface area contributed by atoms with E-state index in [1.165, 1.54) is 0 Å². The maximum absolute atomic E-state index is 13.8. The van der Waals surface area contributed by atoms with Crippen LogP contribution in [0.3, 0.4) is 0 Å². The first-order valence-corrected chi connectivity index (χ1v) is 10.4. The van der Waals surface area contributed by atoms with Crippen LogP contribution >= 0.6 is 11.6 Å². The number of para-hydroxylation sites is 2. The highest BCUT2D eigenvalue weighted by Gasteiger charge is 2.24. The first-order valence-electron chi connectivity index (χ1n) is 9.98. The Morgan fingerprint density at radius 3 is 2.29 bits per heavy atom. The van der Waals surface area contributed by atoms with Gasteiger partial charge in [-0.25, -0.2) is 4.98 Å². The molecule has 0 amide bonds. The minimum atomic E-state index is -0.0496. The molecule has 0 unspecified atom stereocenters. The van der Waals surface area contributed by atoms with Gasteiger partial charge in [0.05, 0.1) is 22.2 Å². The van der Waals surface area contributed by atoms with Gasteiger partial charge in [0.25, 0.3) is 0 Å². The van der Waals surface area contributed by atoms with Crippen LogP contribution in [0.5, 0.6) is 0 Å². The molecular formula is C26H16ClN3O. The molecule has 0 fully saturated rings. The minimum Gasteiger partial charge on any atom is -0.308 e. The second-order valence-electron chi connectivity index (χ2n) is 7.42. The monoisotopic (exact) mass is 421 g/mol. The molecule has 0 radical (unpaired) electrons. The average molecular weight is 422 g/mol. The molecule has 0 aliphatic heterocycles. The number of carbonyl (C=O) groups is 1. The Bertz CT molecular complexity index is 1600. The number of ketones is 1. The summed E-state index contributed by atoms with van der Waals surface area (Å²) in [5.41, 5.74) is 6.43. The van der Waals surface area contributed by atoms with Crippen LogP contribution in [-0.4, -0.2) is 19.6 Å². The first-order chi connectivity index (χ1) is 15.2. The third-order valence-corrected chi connectivity index (χ3v) is 5.85. The second kappa shape index (κ2) is 6.83. The first kappa shape index (κ1) is 17.9. The topological polar surface area (TPSA) is 38.8 Å². The summed E-state index contributed by atoms with van der Waals surface area (Å²) in [6.45, 7) is 0. The Kier molecular flexibility index (Phi) is 3.95. The van der Waals surface area contributed by atoms with E-state index in [0.717, 1.165) is 33.5 Å². The number of fused-ring (bicyclic) bond motifs is 5. The number of imidazole rings is 1. The Labute approximate surface area is 183 Å². The van der Waals surface area contributed by atoms with Crippen LogP contribution in [0.4, 0.5) is 0 Å². The Morgan fingerprint density at radius 2 is 1.48 bits per heavy atom. The normalized spacial score (nSPS) is 11.5. The largest absolute Gasteiger partial charge is 0.308 e. The number of hydrogen-bond donors (Lipinski definition) is 0. The van der Waals surface area contributed by atoms with Gasteiger partial charge in [-0.3, -0.25) is 9.20 Å². The van der Waals surface area contributed by atoms with Crippen LogP contribution in [-0.2, 0) is 0 Å². The van der Waals surface area contributed by atoms with Gasteiger partial charge in [0.15, 0.2) is 5.65 Å². The van der Waals surface area contributed by atoms with Gasteiger partial charge < -0.3 is 4.40 Å². The zero-order valence-corrected chi connectivity index (χ0v) is 17.1. The van der Waals surface area contributed by atoms with Gasteiger partial charge in [-0.2, -0.15) is 0 Å². The molecule has 31 heavy (non-hydrogen) atoms. The van der Waals surface area contributed by atoms with Crippen LogP contribution in [0, 0.1) is 0 Å². The lowest BCUT2D eigenvalue weighted by Crippen LogP contribution is -2.13. The van der Waals surface area contributed by atoms with Gasteiger partial charge in [-0.1, -0.05) is 66.2 Å². The molecule has 148 valence electrons. The highest BCUT2D eigenvalue weighted by molar-refractivity contribution is 6.30. The van der Waals surface area contributed by atoms with Crippen molar-refractivity contribution in [2.45, 2.75) is 0 Å². The summed E-state index contributed by atoms with van der Waals surface area (Å²) in [7, 11) is 0. The van der Waals surface area contributed by atoms with Crippen molar-refractivity contribution in [1.29, 1.82) is 0 Å². The van der Waals surface area contributed by atoms with Gasteiger partial charge >= 0.3 is 0 Å². The van der Waals surface area contributed by atoms with Crippen LogP contribution in [0.1, 0.15) is 16.1 Å². The van der Waals surface area contributed by atoms with Crippen molar-refractivity contribution in [2.75, 3.05) is 0 Å². The van der Waals surface area contributed by atoms with Crippen molar-refractivity contribution in [3.05, 3.63) is 113 Å². The van der Waals surface area contributed by atoms with Crippen LogP contribution in [0.15, 0.2) is 97.2 Å². The molecule has 0 spiro atoms. The number of halogens is 1. The summed E-state index contributed by atoms with van der Waals surface area (Å²) in [6, 6.07) is 28.9. The van der Waals surface area contributed by atoms with Crippen LogP contribution < -0.4 is 0 Å². The Hall–Kier alpha value is -3.89. The Morgan fingerprint density at radius 1 is 0.774 bits per heavy atom. The molecule has 0 aliphatic rings. The van der Waals surface area contributed by atoms with Gasteiger partial charge in [0.1, 0.15) is 5.69 Å². The van der Waals surface area contributed by atoms with Gasteiger partial charge in [0.2, 0.25) is 5.78 Å². The maximum Gasteiger partial charge on any atom is 0.211 e. The maximum atomic E-state index is 13.8. The predicted molar refractivity (Wildman–Crippen MR) is 124 cm³/mol. The molecule has 3 aromatic heterocycles. The van der Waals surface area contributed by atoms with Crippen LogP contribution in [0.25, 0.3) is 33.5 Å². The molecule has 0 aliphatic carbocycles. The number of rotatable bonds is 3. The standard InChI is InChI=1S/C26H16ClN3O/c27-19-14-12-17(13-15-19)23-24(25(31)18-7-2-1-3-8-18)29-16-6-11-22(29)26-28-20-9-4-5-10-21(20)30(23)26/h1-16H. The van der Waals surface area contributed by atoms with Crippen molar-refractivity contribution in [3.8, 4) is 11.3 Å². The summed E-state index contributed by atoms with van der Waals surface area (Å²) in [4.78, 5) is 18.7. The van der Waals surface area contributed by atoms with Crippen molar-refractivity contribution >= 4 is 39.6 Å². The number of hydrogen-bond acceptors (Lipinski definition) is 2. The van der Waals surface area contributed by atoms with E-state index in [1.54, 1.807) is 0 Å². The van der Waals surface area contributed by atoms with Gasteiger partial charge in [-0.15, -0.1) is 0 Å². The minimum absolute atomic E-state index is 0.0496.